The molecule has 0 radical (unpaired) electrons. The van der Waals surface area contributed by atoms with Crippen molar-refractivity contribution in [3.63, 3.8) is 0 Å². The number of rotatable bonds is 5. The smallest absolute Gasteiger partial charge is 0.337 e. The fourth-order valence-corrected chi connectivity index (χ4v) is 2.21. The van der Waals surface area contributed by atoms with Gasteiger partial charge in [-0.05, 0) is 29.8 Å². The number of hydrogen-bond donors (Lipinski definition) is 1. The highest BCUT2D eigenvalue weighted by Crippen LogP contribution is 2.09. The van der Waals surface area contributed by atoms with E-state index in [-0.39, 0.29) is 12.5 Å². The molecule has 1 aromatic heterocycles. The summed E-state index contributed by atoms with van der Waals surface area (Å²) in [4.78, 5) is 23.3. The average molecular weight is 337 g/mol. The van der Waals surface area contributed by atoms with Crippen LogP contribution in [0.1, 0.15) is 15.9 Å². The number of nitrogens with zero attached hydrogens (tertiary/aromatic N) is 4. The molecule has 3 rings (SSSR count). The number of benzene rings is 2. The van der Waals surface area contributed by atoms with Gasteiger partial charge < -0.3 is 4.74 Å². The summed E-state index contributed by atoms with van der Waals surface area (Å²) >= 11 is 0. The molecule has 0 saturated heterocycles. The Morgan fingerprint density at radius 1 is 1.20 bits per heavy atom. The lowest BCUT2D eigenvalue weighted by Gasteiger charge is -2.01. The molecule has 1 heterocycles. The van der Waals surface area contributed by atoms with Gasteiger partial charge in [0.1, 0.15) is 12.1 Å². The Morgan fingerprint density at radius 2 is 1.96 bits per heavy atom. The van der Waals surface area contributed by atoms with Crippen LogP contribution in [0.5, 0.6) is 0 Å². The first-order valence-corrected chi connectivity index (χ1v) is 7.46. The van der Waals surface area contributed by atoms with E-state index in [9.17, 15) is 9.59 Å². The minimum Gasteiger partial charge on any atom is -0.465 e. The Kier molecular flexibility index (Phi) is 4.79. The van der Waals surface area contributed by atoms with Crippen molar-refractivity contribution >= 4 is 29.1 Å². The van der Waals surface area contributed by atoms with Gasteiger partial charge in [0.25, 0.3) is 5.91 Å². The van der Waals surface area contributed by atoms with Crippen molar-refractivity contribution < 1.29 is 14.3 Å². The second-order valence-corrected chi connectivity index (χ2v) is 5.14. The van der Waals surface area contributed by atoms with Crippen LogP contribution in [0.3, 0.4) is 0 Å². The lowest BCUT2D eigenvalue weighted by molar-refractivity contribution is -0.121. The summed E-state index contributed by atoms with van der Waals surface area (Å²) in [6.07, 6.45) is 1.48. The predicted molar refractivity (Wildman–Crippen MR) is 91.0 cm³/mol. The number of methoxy groups -OCH3 is 1. The maximum absolute atomic E-state index is 12.0. The van der Waals surface area contributed by atoms with Crippen LogP contribution < -0.4 is 5.43 Å². The van der Waals surface area contributed by atoms with E-state index in [1.807, 2.05) is 24.3 Å². The second kappa shape index (κ2) is 7.35. The fraction of sp³-hybridized carbons (Fsp3) is 0.118. The van der Waals surface area contributed by atoms with Crippen LogP contribution in [0, 0.1) is 0 Å². The van der Waals surface area contributed by atoms with Gasteiger partial charge >= 0.3 is 5.97 Å². The zero-order chi connectivity index (χ0) is 17.6. The molecule has 0 bridgehead atoms. The van der Waals surface area contributed by atoms with Gasteiger partial charge in [-0.25, -0.2) is 14.9 Å². The first kappa shape index (κ1) is 16.3. The van der Waals surface area contributed by atoms with E-state index < -0.39 is 5.97 Å². The Bertz CT molecular complexity index is 931. The number of carbonyl (C=O) groups is 2. The molecule has 1 N–H and O–H groups in total. The summed E-state index contributed by atoms with van der Waals surface area (Å²) < 4.78 is 6.13. The molecule has 25 heavy (non-hydrogen) atoms. The largest absolute Gasteiger partial charge is 0.465 e. The van der Waals surface area contributed by atoms with E-state index in [2.05, 4.69) is 25.6 Å². The fourth-order valence-electron chi connectivity index (χ4n) is 2.21. The van der Waals surface area contributed by atoms with Gasteiger partial charge in [-0.15, -0.1) is 5.10 Å². The Balaban J connectivity index is 1.58. The molecule has 8 heteroatoms. The molecule has 0 saturated carbocycles. The molecular formula is C17H15N5O3. The molecular weight excluding hydrogens is 322 g/mol. The standard InChI is InChI=1S/C17H15N5O3/c1-25-17(24)13-8-6-12(7-9-13)10-18-20-16(23)11-22-15-5-3-2-4-14(15)19-21-22/h2-10H,11H2,1H3,(H,20,23). The molecule has 0 aliphatic heterocycles. The zero-order valence-electron chi connectivity index (χ0n) is 13.4. The second-order valence-electron chi connectivity index (χ2n) is 5.14. The van der Waals surface area contributed by atoms with Gasteiger partial charge in [-0.2, -0.15) is 5.10 Å². The third kappa shape index (κ3) is 3.86. The van der Waals surface area contributed by atoms with Crippen molar-refractivity contribution in [2.45, 2.75) is 6.54 Å². The molecule has 1 amide bonds. The van der Waals surface area contributed by atoms with E-state index in [1.54, 1.807) is 24.3 Å². The van der Waals surface area contributed by atoms with Crippen LogP contribution >= 0.6 is 0 Å². The molecule has 0 aliphatic carbocycles. The van der Waals surface area contributed by atoms with Crippen molar-refractivity contribution in [3.8, 4) is 0 Å². The number of ether oxygens (including phenoxy) is 1. The molecule has 0 spiro atoms. The van der Waals surface area contributed by atoms with Crippen molar-refractivity contribution in [1.82, 2.24) is 20.4 Å². The topological polar surface area (TPSA) is 98.5 Å². The molecule has 126 valence electrons. The van der Waals surface area contributed by atoms with Crippen molar-refractivity contribution in [2.24, 2.45) is 5.10 Å². The molecule has 0 atom stereocenters. The summed E-state index contributed by atoms with van der Waals surface area (Å²) in [5.41, 5.74) is 5.12. The van der Waals surface area contributed by atoms with Gasteiger partial charge in [-0.3, -0.25) is 4.79 Å². The van der Waals surface area contributed by atoms with Crippen LogP contribution in [0.2, 0.25) is 0 Å². The highest BCUT2D eigenvalue weighted by atomic mass is 16.5. The Labute approximate surface area is 143 Å². The van der Waals surface area contributed by atoms with E-state index in [1.165, 1.54) is 18.0 Å². The molecule has 0 fully saturated rings. The maximum Gasteiger partial charge on any atom is 0.337 e. The number of esters is 1. The van der Waals surface area contributed by atoms with E-state index in [4.69, 9.17) is 0 Å². The normalized spacial score (nSPS) is 10.9. The van der Waals surface area contributed by atoms with Gasteiger partial charge in [0.05, 0.1) is 24.4 Å². The van der Waals surface area contributed by atoms with Crippen LogP contribution in [0.4, 0.5) is 0 Å². The summed E-state index contributed by atoms with van der Waals surface area (Å²) in [6, 6.07) is 14.0. The minimum atomic E-state index is -0.406. The highest BCUT2D eigenvalue weighted by molar-refractivity contribution is 5.90. The summed E-state index contributed by atoms with van der Waals surface area (Å²) in [6.45, 7) is 0.0130. The molecule has 2 aromatic carbocycles. The summed E-state index contributed by atoms with van der Waals surface area (Å²) in [7, 11) is 1.32. The first-order chi connectivity index (χ1) is 12.2. The maximum atomic E-state index is 12.0. The SMILES string of the molecule is COC(=O)c1ccc(C=NNC(=O)Cn2nnc3ccccc32)cc1. The number of para-hydroxylation sites is 1. The third-order valence-corrected chi connectivity index (χ3v) is 3.45. The number of hydrazone groups is 1. The van der Waals surface area contributed by atoms with Crippen molar-refractivity contribution in [2.75, 3.05) is 7.11 Å². The van der Waals surface area contributed by atoms with Gasteiger partial charge in [0.2, 0.25) is 0 Å². The molecule has 8 nitrogen and oxygen atoms in total. The predicted octanol–water partition coefficient (Wildman–Crippen LogP) is 1.37. The van der Waals surface area contributed by atoms with Gasteiger partial charge in [0.15, 0.2) is 0 Å². The van der Waals surface area contributed by atoms with Gasteiger partial charge in [0, 0.05) is 0 Å². The Hall–Kier alpha value is -3.55. The molecule has 3 aromatic rings. The van der Waals surface area contributed by atoms with Crippen LogP contribution in [0.15, 0.2) is 53.6 Å². The average Bonchev–Trinajstić information content (AvgIpc) is 3.04. The van der Waals surface area contributed by atoms with Crippen LogP contribution in [-0.2, 0) is 16.1 Å². The highest BCUT2D eigenvalue weighted by Gasteiger charge is 2.07. The number of amides is 1. The van der Waals surface area contributed by atoms with Gasteiger partial charge in [-0.1, -0.05) is 29.5 Å². The minimum absolute atomic E-state index is 0.0130. The van der Waals surface area contributed by atoms with E-state index >= 15 is 0 Å². The first-order valence-electron chi connectivity index (χ1n) is 7.46. The quantitative estimate of drug-likeness (QED) is 0.431. The number of nitrogens with one attached hydrogen (secondary N) is 1. The molecule has 0 unspecified atom stereocenters. The number of carbonyl (C=O) groups excluding carboxylic acids is 2. The van der Waals surface area contributed by atoms with E-state index in [0.717, 1.165) is 16.6 Å². The van der Waals surface area contributed by atoms with Crippen molar-refractivity contribution in [3.05, 3.63) is 59.7 Å². The van der Waals surface area contributed by atoms with Crippen LogP contribution in [0.25, 0.3) is 11.0 Å². The van der Waals surface area contributed by atoms with Crippen LogP contribution in [-0.4, -0.2) is 40.2 Å². The summed E-state index contributed by atoms with van der Waals surface area (Å²) in [5, 5.41) is 11.8. The lowest BCUT2D eigenvalue weighted by Crippen LogP contribution is -2.23. The molecule has 0 aliphatic rings. The summed E-state index contributed by atoms with van der Waals surface area (Å²) in [5.74, 6) is -0.727. The Morgan fingerprint density at radius 3 is 2.72 bits per heavy atom. The van der Waals surface area contributed by atoms with Crippen molar-refractivity contribution in [1.29, 1.82) is 0 Å². The lowest BCUT2D eigenvalue weighted by atomic mass is 10.1. The number of aromatic nitrogens is 3. The number of fused-ring (bicyclic) bond motifs is 1. The monoisotopic (exact) mass is 337 g/mol. The van der Waals surface area contributed by atoms with E-state index in [0.29, 0.717) is 5.56 Å². The zero-order valence-corrected chi connectivity index (χ0v) is 13.4. The number of hydrogen-bond acceptors (Lipinski definition) is 6. The third-order valence-electron chi connectivity index (χ3n) is 3.45.